The predicted octanol–water partition coefficient (Wildman–Crippen LogP) is 3.84. The molecule has 2 fully saturated rings. The van der Waals surface area contributed by atoms with E-state index in [0.717, 1.165) is 63.7 Å². The SMILES string of the molecule is Cc1cc(CN2CC3(CC(CCOc4ccccn4)CCO3)C2)n(C)n1.O=C(O)C(F)(F)F.O=C(O)C(F)(F)F. The van der Waals surface area contributed by atoms with Gasteiger partial charge in [0.05, 0.1) is 23.6 Å². The van der Waals surface area contributed by atoms with Crippen LogP contribution in [0.25, 0.3) is 0 Å². The van der Waals surface area contributed by atoms with E-state index in [0.29, 0.717) is 5.92 Å². The number of likely N-dealkylation sites (tertiary alicyclic amines) is 1. The van der Waals surface area contributed by atoms with E-state index in [9.17, 15) is 26.3 Å². The molecule has 0 bridgehead atoms. The molecule has 0 saturated carbocycles. The molecule has 0 aliphatic carbocycles. The van der Waals surface area contributed by atoms with E-state index in [-0.39, 0.29) is 5.60 Å². The summed E-state index contributed by atoms with van der Waals surface area (Å²) in [5.74, 6) is -4.12. The number of aromatic nitrogens is 3. The van der Waals surface area contributed by atoms with Gasteiger partial charge in [0.2, 0.25) is 5.88 Å². The van der Waals surface area contributed by atoms with Crippen LogP contribution >= 0.6 is 0 Å². The number of ether oxygens (including phenoxy) is 2. The number of aryl methyl sites for hydroxylation is 2. The third-order valence-electron chi connectivity index (χ3n) is 6.00. The molecule has 0 amide bonds. The van der Waals surface area contributed by atoms with E-state index in [1.165, 1.54) is 5.69 Å². The molecule has 0 radical (unpaired) electrons. The molecule has 2 aliphatic rings. The van der Waals surface area contributed by atoms with Crippen LogP contribution in [0.4, 0.5) is 26.3 Å². The summed E-state index contributed by atoms with van der Waals surface area (Å²) < 4.78 is 77.4. The summed E-state index contributed by atoms with van der Waals surface area (Å²) in [6.45, 7) is 6.64. The largest absolute Gasteiger partial charge is 0.490 e. The fourth-order valence-electron chi connectivity index (χ4n) is 4.28. The van der Waals surface area contributed by atoms with Crippen molar-refractivity contribution >= 4 is 11.9 Å². The molecule has 224 valence electrons. The summed E-state index contributed by atoms with van der Waals surface area (Å²) in [5.41, 5.74) is 2.41. The Hall–Kier alpha value is -3.40. The van der Waals surface area contributed by atoms with Crippen LogP contribution in [0.15, 0.2) is 30.5 Å². The molecule has 2 saturated heterocycles. The number of carbonyl (C=O) groups is 2. The number of rotatable bonds is 6. The molecule has 4 rings (SSSR count). The van der Waals surface area contributed by atoms with Crippen LogP contribution in [-0.2, 0) is 27.9 Å². The highest BCUT2D eigenvalue weighted by molar-refractivity contribution is 5.73. The summed E-state index contributed by atoms with van der Waals surface area (Å²) >= 11 is 0. The predicted molar refractivity (Wildman–Crippen MR) is 126 cm³/mol. The van der Waals surface area contributed by atoms with E-state index < -0.39 is 24.3 Å². The first-order chi connectivity index (χ1) is 18.5. The quantitative estimate of drug-likeness (QED) is 0.487. The smallest absolute Gasteiger partial charge is 0.478 e. The van der Waals surface area contributed by atoms with Crippen LogP contribution in [0.5, 0.6) is 5.88 Å². The van der Waals surface area contributed by atoms with Gasteiger partial charge in [-0.15, -0.1) is 0 Å². The third kappa shape index (κ3) is 10.6. The van der Waals surface area contributed by atoms with Crippen LogP contribution in [0.3, 0.4) is 0 Å². The van der Waals surface area contributed by atoms with Crippen molar-refractivity contribution in [3.8, 4) is 5.88 Å². The Morgan fingerprint density at radius 1 is 1.12 bits per heavy atom. The van der Waals surface area contributed by atoms with Crippen molar-refractivity contribution in [3.63, 3.8) is 0 Å². The Kier molecular flexibility index (Phi) is 11.3. The standard InChI is InChI=1S/C20H28N4O2.2C2HF3O2/c1-16-11-18(23(2)22-16)13-24-14-20(15-24)12-17(7-10-26-20)6-9-25-19-5-3-4-8-21-19;2*3-2(4,5)1(6)7/h3-5,8,11,17H,6-7,9-10,12-15H2,1-2H3;2*(H,6,7). The molecule has 16 heteroatoms. The van der Waals surface area contributed by atoms with Crippen molar-refractivity contribution in [3.05, 3.63) is 41.9 Å². The lowest BCUT2D eigenvalue weighted by molar-refractivity contribution is -0.193. The van der Waals surface area contributed by atoms with Gasteiger partial charge < -0.3 is 19.7 Å². The van der Waals surface area contributed by atoms with Gasteiger partial charge in [0, 0.05) is 45.6 Å². The number of aliphatic carboxylic acids is 2. The van der Waals surface area contributed by atoms with Gasteiger partial charge in [-0.05, 0) is 44.2 Å². The Labute approximate surface area is 225 Å². The van der Waals surface area contributed by atoms with Crippen molar-refractivity contribution in [2.24, 2.45) is 13.0 Å². The fraction of sp³-hybridized carbons (Fsp3) is 0.583. The summed E-state index contributed by atoms with van der Waals surface area (Å²) in [5, 5.41) is 18.7. The third-order valence-corrected chi connectivity index (χ3v) is 6.00. The Morgan fingerprint density at radius 3 is 2.20 bits per heavy atom. The highest BCUT2D eigenvalue weighted by atomic mass is 19.4. The molecule has 4 heterocycles. The lowest BCUT2D eigenvalue weighted by Gasteiger charge is -2.53. The molecule has 1 atom stereocenters. The number of carboxylic acids is 2. The van der Waals surface area contributed by atoms with Crippen LogP contribution in [-0.4, -0.2) is 86.1 Å². The minimum atomic E-state index is -5.08. The lowest BCUT2D eigenvalue weighted by Crippen LogP contribution is -2.64. The summed E-state index contributed by atoms with van der Waals surface area (Å²) in [4.78, 5) is 24.5. The molecule has 2 aromatic heterocycles. The van der Waals surface area contributed by atoms with E-state index in [4.69, 9.17) is 29.3 Å². The van der Waals surface area contributed by atoms with Gasteiger partial charge >= 0.3 is 24.3 Å². The summed E-state index contributed by atoms with van der Waals surface area (Å²) in [7, 11) is 2.02. The molecule has 1 unspecified atom stereocenters. The van der Waals surface area contributed by atoms with Crippen molar-refractivity contribution in [2.75, 3.05) is 26.3 Å². The zero-order valence-corrected chi connectivity index (χ0v) is 21.7. The molecule has 1 spiro atoms. The number of hydrogen-bond donors (Lipinski definition) is 2. The van der Waals surface area contributed by atoms with Crippen LogP contribution in [0.1, 0.15) is 30.7 Å². The van der Waals surface area contributed by atoms with Gasteiger partial charge in [-0.2, -0.15) is 31.4 Å². The van der Waals surface area contributed by atoms with Gasteiger partial charge in [-0.1, -0.05) is 6.07 Å². The van der Waals surface area contributed by atoms with Crippen LogP contribution < -0.4 is 4.74 Å². The van der Waals surface area contributed by atoms with E-state index >= 15 is 0 Å². The summed E-state index contributed by atoms with van der Waals surface area (Å²) in [6, 6.07) is 7.95. The van der Waals surface area contributed by atoms with E-state index in [1.54, 1.807) is 6.20 Å². The van der Waals surface area contributed by atoms with Crippen LogP contribution in [0, 0.1) is 12.8 Å². The second-order valence-electron chi connectivity index (χ2n) is 9.35. The normalized spacial score (nSPS) is 18.4. The molecule has 2 aliphatic heterocycles. The maximum Gasteiger partial charge on any atom is 0.490 e. The molecular weight excluding hydrogens is 554 g/mol. The minimum absolute atomic E-state index is 0.0571. The molecule has 10 nitrogen and oxygen atoms in total. The molecule has 2 N–H and O–H groups in total. The average molecular weight is 585 g/mol. The molecule has 2 aromatic rings. The number of pyridine rings is 1. The zero-order valence-electron chi connectivity index (χ0n) is 21.7. The Balaban J connectivity index is 0.000000333. The second-order valence-corrected chi connectivity index (χ2v) is 9.35. The highest BCUT2D eigenvalue weighted by Gasteiger charge is 2.47. The first-order valence-electron chi connectivity index (χ1n) is 12.0. The number of alkyl halides is 6. The number of nitrogens with zero attached hydrogens (tertiary/aromatic N) is 4. The number of hydrogen-bond acceptors (Lipinski definition) is 7. The first-order valence-corrected chi connectivity index (χ1v) is 12.0. The van der Waals surface area contributed by atoms with Crippen molar-refractivity contribution < 1.29 is 55.6 Å². The minimum Gasteiger partial charge on any atom is -0.478 e. The average Bonchev–Trinajstić information content (AvgIpc) is 3.15. The number of halogens is 6. The van der Waals surface area contributed by atoms with Crippen molar-refractivity contribution in [1.82, 2.24) is 19.7 Å². The maximum atomic E-state index is 10.6. The Bertz CT molecular complexity index is 1080. The topological polar surface area (TPSA) is 127 Å². The lowest BCUT2D eigenvalue weighted by atomic mass is 9.79. The summed E-state index contributed by atoms with van der Waals surface area (Å²) in [6.07, 6.45) is -5.05. The first kappa shape index (κ1) is 32.8. The van der Waals surface area contributed by atoms with E-state index in [1.807, 2.05) is 36.9 Å². The fourth-order valence-corrected chi connectivity index (χ4v) is 4.28. The van der Waals surface area contributed by atoms with Gasteiger partial charge in [-0.3, -0.25) is 9.58 Å². The maximum absolute atomic E-state index is 10.6. The second kappa shape index (κ2) is 13.8. The van der Waals surface area contributed by atoms with Gasteiger partial charge in [0.1, 0.15) is 0 Å². The molecule has 40 heavy (non-hydrogen) atoms. The number of carboxylic acid groups (broad SMARTS) is 2. The monoisotopic (exact) mass is 584 g/mol. The zero-order chi connectivity index (χ0) is 30.1. The van der Waals surface area contributed by atoms with Gasteiger partial charge in [0.15, 0.2) is 0 Å². The van der Waals surface area contributed by atoms with E-state index in [2.05, 4.69) is 21.0 Å². The highest BCUT2D eigenvalue weighted by Crippen LogP contribution is 2.38. The van der Waals surface area contributed by atoms with Crippen LogP contribution in [0.2, 0.25) is 0 Å². The van der Waals surface area contributed by atoms with Crippen molar-refractivity contribution in [2.45, 2.75) is 50.7 Å². The molecule has 0 aromatic carbocycles. The van der Waals surface area contributed by atoms with Crippen molar-refractivity contribution in [1.29, 1.82) is 0 Å². The molecular formula is C24H30F6N4O6. The van der Waals surface area contributed by atoms with Gasteiger partial charge in [0.25, 0.3) is 0 Å². The Morgan fingerprint density at radius 2 is 1.73 bits per heavy atom. The van der Waals surface area contributed by atoms with Gasteiger partial charge in [-0.25, -0.2) is 14.6 Å².